The molecule has 41 heavy (non-hydrogen) atoms. The zero-order chi connectivity index (χ0) is 28.9. The van der Waals surface area contributed by atoms with Crippen LogP contribution in [-0.4, -0.2) is 97.1 Å². The summed E-state index contributed by atoms with van der Waals surface area (Å²) in [5.74, 6) is -2.32. The van der Waals surface area contributed by atoms with E-state index in [0.29, 0.717) is 11.1 Å². The number of carbonyl (C=O) groups excluding carboxylic acids is 4. The molecule has 2 bridgehead atoms. The predicted molar refractivity (Wildman–Crippen MR) is 136 cm³/mol. The minimum Gasteiger partial charge on any atom is -0.462 e. The number of hydrogen-bond donors (Lipinski definition) is 2. The van der Waals surface area contributed by atoms with Crippen LogP contribution in [0.5, 0.6) is 0 Å². The lowest BCUT2D eigenvalue weighted by molar-refractivity contribution is -0.201. The van der Waals surface area contributed by atoms with Gasteiger partial charge in [0.1, 0.15) is 43.2 Å². The van der Waals surface area contributed by atoms with Gasteiger partial charge in [-0.3, -0.25) is 14.4 Å². The van der Waals surface area contributed by atoms with Gasteiger partial charge in [-0.2, -0.15) is 5.06 Å². The average molecular weight is 573 g/mol. The summed E-state index contributed by atoms with van der Waals surface area (Å²) in [6.07, 6.45) is -0.738. The van der Waals surface area contributed by atoms with Crippen molar-refractivity contribution in [3.8, 4) is 0 Å². The molecule has 6 rings (SSSR count). The van der Waals surface area contributed by atoms with Gasteiger partial charge < -0.3 is 34.1 Å². The number of ether oxygens (including phenoxy) is 5. The number of aliphatic hydroxyl groups excluding tert-OH is 1. The van der Waals surface area contributed by atoms with E-state index in [1.807, 2.05) is 0 Å². The molecule has 1 aromatic carbocycles. The highest BCUT2D eigenvalue weighted by Gasteiger charge is 2.74. The predicted octanol–water partition coefficient (Wildman–Crippen LogP) is -0.155. The van der Waals surface area contributed by atoms with Crippen molar-refractivity contribution in [2.24, 2.45) is 10.8 Å². The summed E-state index contributed by atoms with van der Waals surface area (Å²) in [7, 11) is 0. The van der Waals surface area contributed by atoms with Crippen LogP contribution in [0.4, 0.5) is 0 Å². The maximum atomic E-state index is 13.6. The minimum atomic E-state index is -1.32. The highest BCUT2D eigenvalue weighted by atomic mass is 16.8. The van der Waals surface area contributed by atoms with E-state index in [9.17, 15) is 24.3 Å². The summed E-state index contributed by atoms with van der Waals surface area (Å²) in [5.41, 5.74) is -0.629. The van der Waals surface area contributed by atoms with E-state index >= 15 is 0 Å². The van der Waals surface area contributed by atoms with Crippen molar-refractivity contribution >= 4 is 29.9 Å². The van der Waals surface area contributed by atoms with Crippen LogP contribution in [0.1, 0.15) is 31.4 Å². The van der Waals surface area contributed by atoms with Crippen LogP contribution in [-0.2, 0) is 54.2 Å². The van der Waals surface area contributed by atoms with Crippen molar-refractivity contribution < 1.29 is 52.8 Å². The molecule has 0 spiro atoms. The molecule has 4 aliphatic heterocycles. The van der Waals surface area contributed by atoms with Crippen LogP contribution in [0.2, 0.25) is 0 Å². The van der Waals surface area contributed by atoms with E-state index in [2.05, 4.69) is 5.32 Å². The van der Waals surface area contributed by atoms with Gasteiger partial charge in [0, 0.05) is 24.5 Å². The molecule has 1 saturated carbocycles. The Morgan fingerprint density at radius 2 is 1.95 bits per heavy atom. The highest BCUT2D eigenvalue weighted by Crippen LogP contribution is 2.55. The molecule has 220 valence electrons. The molecule has 13 heteroatoms. The lowest BCUT2D eigenvalue weighted by Crippen LogP contribution is -2.69. The Morgan fingerprint density at radius 1 is 1.17 bits per heavy atom. The van der Waals surface area contributed by atoms with Crippen molar-refractivity contribution in [2.75, 3.05) is 26.6 Å². The zero-order valence-electron chi connectivity index (χ0n) is 22.6. The average Bonchev–Trinajstić information content (AvgIpc) is 3.63. The highest BCUT2D eigenvalue weighted by molar-refractivity contribution is 5.94. The van der Waals surface area contributed by atoms with Gasteiger partial charge >= 0.3 is 17.9 Å². The number of esters is 3. The summed E-state index contributed by atoms with van der Waals surface area (Å²) >= 11 is 0. The number of carbonyl (C=O) groups is 4. The Morgan fingerprint density at radius 3 is 2.71 bits per heavy atom. The number of cyclic esters (lactones) is 1. The minimum absolute atomic E-state index is 0.0122. The Bertz CT molecular complexity index is 1280. The van der Waals surface area contributed by atoms with Crippen LogP contribution in [0, 0.1) is 10.8 Å². The summed E-state index contributed by atoms with van der Waals surface area (Å²) in [4.78, 5) is 57.9. The lowest BCUT2D eigenvalue weighted by Gasteiger charge is -2.48. The normalized spacial score (nSPS) is 35.2. The molecule has 4 heterocycles. The Labute approximate surface area is 235 Å². The fourth-order valence-corrected chi connectivity index (χ4v) is 6.42. The van der Waals surface area contributed by atoms with E-state index in [1.165, 1.54) is 11.1 Å². The molecule has 0 radical (unpaired) electrons. The number of aliphatic hydroxyl groups is 1. The van der Waals surface area contributed by atoms with E-state index in [0.717, 1.165) is 0 Å². The van der Waals surface area contributed by atoms with Crippen molar-refractivity contribution in [1.29, 1.82) is 0 Å². The quantitative estimate of drug-likeness (QED) is 0.241. The maximum Gasteiger partial charge on any atom is 0.348 e. The van der Waals surface area contributed by atoms with Gasteiger partial charge in [0.05, 0.1) is 13.2 Å². The standard InChI is InChI=1S/C28H32N2O11/c1-27(2)13-36-25(34)23(27)40-18(32)8-7-15-5-3-4-6-16(15)12-30-21-24(33)39-17-11-28(21,26(35)29-9-10-31)22(41-30)20-19(17)37-14-38-20/h3-8,17,19-23,31H,9-14H2,1-2H3,(H,29,35)/t17-,19+,20+,21+,22-,23+,28+/m1/s1. The fraction of sp³-hybridized carbons (Fsp3) is 0.571. The summed E-state index contributed by atoms with van der Waals surface area (Å²) < 4.78 is 27.6. The lowest BCUT2D eigenvalue weighted by atomic mass is 9.62. The second-order valence-electron chi connectivity index (χ2n) is 11.5. The molecule has 5 aliphatic rings. The van der Waals surface area contributed by atoms with Gasteiger partial charge in [0.15, 0.2) is 6.04 Å². The smallest absolute Gasteiger partial charge is 0.348 e. The number of fused-ring (bicyclic) bond motifs is 4. The van der Waals surface area contributed by atoms with Gasteiger partial charge in [0.2, 0.25) is 12.0 Å². The first-order valence-electron chi connectivity index (χ1n) is 13.6. The number of hydroxylamine groups is 2. The van der Waals surface area contributed by atoms with E-state index in [-0.39, 0.29) is 39.5 Å². The first-order chi connectivity index (χ1) is 19.7. The number of nitrogens with one attached hydrogen (secondary N) is 1. The molecule has 5 fully saturated rings. The Kier molecular flexibility index (Phi) is 7.10. The summed E-state index contributed by atoms with van der Waals surface area (Å²) in [6.45, 7) is 3.54. The molecule has 13 nitrogen and oxygen atoms in total. The molecular weight excluding hydrogens is 540 g/mol. The Balaban J connectivity index is 1.25. The molecule has 7 atom stereocenters. The third-order valence-corrected chi connectivity index (χ3v) is 8.42. The van der Waals surface area contributed by atoms with E-state index in [4.69, 9.17) is 28.5 Å². The van der Waals surface area contributed by atoms with Gasteiger partial charge in [-0.25, -0.2) is 9.59 Å². The van der Waals surface area contributed by atoms with Crippen molar-refractivity contribution in [3.05, 3.63) is 41.5 Å². The topological polar surface area (TPSA) is 159 Å². The monoisotopic (exact) mass is 572 g/mol. The van der Waals surface area contributed by atoms with Gasteiger partial charge in [-0.05, 0) is 17.2 Å². The van der Waals surface area contributed by atoms with E-state index < -0.39 is 71.2 Å². The molecule has 0 unspecified atom stereocenters. The second kappa shape index (κ2) is 10.5. The number of hydrogen-bond acceptors (Lipinski definition) is 12. The number of nitrogens with zero attached hydrogens (tertiary/aromatic N) is 1. The molecular formula is C28H32N2O11. The molecule has 4 saturated heterocycles. The number of benzene rings is 1. The van der Waals surface area contributed by atoms with E-state index in [1.54, 1.807) is 44.2 Å². The van der Waals surface area contributed by atoms with Crippen LogP contribution in [0.15, 0.2) is 30.3 Å². The zero-order valence-corrected chi connectivity index (χ0v) is 22.6. The first kappa shape index (κ1) is 27.8. The van der Waals surface area contributed by atoms with Crippen LogP contribution >= 0.6 is 0 Å². The second-order valence-corrected chi connectivity index (χ2v) is 11.5. The van der Waals surface area contributed by atoms with Crippen LogP contribution in [0.25, 0.3) is 6.08 Å². The molecule has 1 aromatic rings. The fourth-order valence-electron chi connectivity index (χ4n) is 6.42. The van der Waals surface area contributed by atoms with Crippen molar-refractivity contribution in [3.63, 3.8) is 0 Å². The number of amides is 1. The summed E-state index contributed by atoms with van der Waals surface area (Å²) in [5, 5.41) is 13.5. The van der Waals surface area contributed by atoms with Gasteiger partial charge in [0.25, 0.3) is 0 Å². The molecule has 1 aliphatic carbocycles. The maximum absolute atomic E-state index is 13.6. The molecule has 0 aromatic heterocycles. The SMILES string of the molecule is CC1(C)COC(=O)[C@@H]1OC(=O)C=Cc1ccccc1CN1O[C@@H]2[C@H]3OCO[C@H]3[C@H]3C[C@]2(C(=O)NCCO)[C@@H]1C(=O)O3. The largest absolute Gasteiger partial charge is 0.462 e. The van der Waals surface area contributed by atoms with Crippen LogP contribution in [0.3, 0.4) is 0 Å². The summed E-state index contributed by atoms with van der Waals surface area (Å²) in [6, 6.07) is 6.09. The van der Waals surface area contributed by atoms with Gasteiger partial charge in [-0.15, -0.1) is 0 Å². The van der Waals surface area contributed by atoms with Crippen molar-refractivity contribution in [1.82, 2.24) is 10.4 Å². The van der Waals surface area contributed by atoms with Crippen molar-refractivity contribution in [2.45, 2.75) is 63.4 Å². The first-order valence-corrected chi connectivity index (χ1v) is 13.6. The molecule has 2 N–H and O–H groups in total. The molecule has 1 amide bonds. The Hall–Kier alpha value is -3.36. The third-order valence-electron chi connectivity index (χ3n) is 8.42. The number of rotatable bonds is 8. The third kappa shape index (κ3) is 4.61. The van der Waals surface area contributed by atoms with Gasteiger partial charge in [-0.1, -0.05) is 38.1 Å². The van der Waals surface area contributed by atoms with Crippen LogP contribution < -0.4 is 5.32 Å².